The molecule has 138 valence electrons. The van der Waals surface area contributed by atoms with Crippen LogP contribution in [0, 0.1) is 3.57 Å². The van der Waals surface area contributed by atoms with Gasteiger partial charge in [0.15, 0.2) is 0 Å². The van der Waals surface area contributed by atoms with Gasteiger partial charge in [-0.25, -0.2) is 4.68 Å². The van der Waals surface area contributed by atoms with Crippen LogP contribution < -0.4 is 15.6 Å². The Hall–Kier alpha value is -2.68. The van der Waals surface area contributed by atoms with E-state index in [1.807, 2.05) is 48.5 Å². The summed E-state index contributed by atoms with van der Waals surface area (Å²) in [7, 11) is 1.60. The lowest BCUT2D eigenvalue weighted by Gasteiger charge is -2.09. The second kappa shape index (κ2) is 8.81. The topological polar surface area (TPSA) is 73.2 Å². The zero-order chi connectivity index (χ0) is 19.2. The van der Waals surface area contributed by atoms with E-state index in [4.69, 9.17) is 4.74 Å². The first-order valence-electron chi connectivity index (χ1n) is 8.29. The van der Waals surface area contributed by atoms with Crippen LogP contribution in [-0.4, -0.2) is 22.8 Å². The van der Waals surface area contributed by atoms with E-state index in [2.05, 4.69) is 33.0 Å². The van der Waals surface area contributed by atoms with Crippen LogP contribution in [0.15, 0.2) is 65.5 Å². The first kappa shape index (κ1) is 19.1. The number of hydrogen-bond donors (Lipinski definition) is 1. The number of nitrogens with zero attached hydrogens (tertiary/aromatic N) is 2. The molecule has 0 aliphatic carbocycles. The molecule has 2 aromatic carbocycles. The van der Waals surface area contributed by atoms with E-state index in [9.17, 15) is 9.59 Å². The molecule has 3 aromatic rings. The van der Waals surface area contributed by atoms with Crippen LogP contribution in [-0.2, 0) is 17.9 Å². The normalized spacial score (nSPS) is 10.4. The fourth-order valence-corrected chi connectivity index (χ4v) is 2.83. The summed E-state index contributed by atoms with van der Waals surface area (Å²) >= 11 is 2.23. The molecule has 1 aromatic heterocycles. The van der Waals surface area contributed by atoms with Crippen LogP contribution in [0.1, 0.15) is 5.56 Å². The zero-order valence-corrected chi connectivity index (χ0v) is 16.8. The summed E-state index contributed by atoms with van der Waals surface area (Å²) in [6, 6.07) is 18.3. The van der Waals surface area contributed by atoms with E-state index < -0.39 is 0 Å². The Bertz CT molecular complexity index is 983. The minimum absolute atomic E-state index is 0.132. The Morgan fingerprint density at radius 3 is 2.44 bits per heavy atom. The Morgan fingerprint density at radius 1 is 1.07 bits per heavy atom. The minimum Gasteiger partial charge on any atom is -0.497 e. The van der Waals surface area contributed by atoms with E-state index in [-0.39, 0.29) is 18.0 Å². The van der Waals surface area contributed by atoms with Crippen molar-refractivity contribution in [3.05, 3.63) is 80.2 Å². The molecule has 1 amide bonds. The van der Waals surface area contributed by atoms with Crippen molar-refractivity contribution in [2.45, 2.75) is 13.1 Å². The highest BCUT2D eigenvalue weighted by molar-refractivity contribution is 14.1. The summed E-state index contributed by atoms with van der Waals surface area (Å²) in [5, 5.41) is 7.12. The van der Waals surface area contributed by atoms with Gasteiger partial charge in [0.05, 0.1) is 12.8 Å². The molecule has 0 fully saturated rings. The van der Waals surface area contributed by atoms with Crippen LogP contribution in [0.2, 0.25) is 0 Å². The second-order valence-corrected chi connectivity index (χ2v) is 7.09. The fraction of sp³-hybridized carbons (Fsp3) is 0.150. The van der Waals surface area contributed by atoms with E-state index in [0.717, 1.165) is 20.4 Å². The van der Waals surface area contributed by atoms with Crippen molar-refractivity contribution in [2.75, 3.05) is 7.11 Å². The average molecular weight is 475 g/mol. The standard InChI is InChI=1S/C20H18IN3O3/c1-27-17-8-4-15(5-9-17)18-10-11-20(26)24(23-18)13-19(25)22-12-14-2-6-16(21)7-3-14/h2-11H,12-13H2,1H3,(H,22,25). The molecule has 0 spiro atoms. The number of rotatable bonds is 6. The maximum absolute atomic E-state index is 12.2. The summed E-state index contributed by atoms with van der Waals surface area (Å²) < 4.78 is 7.44. The van der Waals surface area contributed by atoms with Crippen LogP contribution in [0.3, 0.4) is 0 Å². The minimum atomic E-state index is -0.323. The molecule has 7 heteroatoms. The van der Waals surface area contributed by atoms with E-state index in [1.165, 1.54) is 10.7 Å². The number of halogens is 1. The average Bonchev–Trinajstić information content (AvgIpc) is 2.69. The summed E-state index contributed by atoms with van der Waals surface area (Å²) in [5.41, 5.74) is 2.12. The van der Waals surface area contributed by atoms with Crippen LogP contribution in [0.25, 0.3) is 11.3 Å². The van der Waals surface area contributed by atoms with Gasteiger partial charge < -0.3 is 10.1 Å². The number of carbonyl (C=O) groups excluding carboxylic acids is 1. The van der Waals surface area contributed by atoms with Gasteiger partial charge in [-0.2, -0.15) is 5.10 Å². The molecule has 0 aliphatic heterocycles. The van der Waals surface area contributed by atoms with Crippen LogP contribution in [0.5, 0.6) is 5.75 Å². The zero-order valence-electron chi connectivity index (χ0n) is 14.7. The lowest BCUT2D eigenvalue weighted by molar-refractivity contribution is -0.122. The SMILES string of the molecule is COc1ccc(-c2ccc(=O)n(CC(=O)NCc3ccc(I)cc3)n2)cc1. The molecule has 0 aliphatic rings. The number of hydrogen-bond acceptors (Lipinski definition) is 4. The number of amides is 1. The maximum Gasteiger partial charge on any atom is 0.267 e. The highest BCUT2D eigenvalue weighted by Crippen LogP contribution is 2.19. The molecule has 0 saturated carbocycles. The third-order valence-electron chi connectivity index (χ3n) is 3.95. The second-order valence-electron chi connectivity index (χ2n) is 5.85. The molecule has 0 unspecified atom stereocenters. The Labute approximate surface area is 170 Å². The summed E-state index contributed by atoms with van der Waals surface area (Å²) in [6.07, 6.45) is 0. The van der Waals surface area contributed by atoms with Crippen molar-refractivity contribution in [1.29, 1.82) is 0 Å². The summed E-state index contributed by atoms with van der Waals surface area (Å²) in [4.78, 5) is 24.3. The Kier molecular flexibility index (Phi) is 6.23. The van der Waals surface area contributed by atoms with Gasteiger partial charge in [-0.3, -0.25) is 9.59 Å². The number of nitrogens with one attached hydrogen (secondary N) is 1. The highest BCUT2D eigenvalue weighted by Gasteiger charge is 2.08. The van der Waals surface area contributed by atoms with E-state index in [0.29, 0.717) is 12.2 Å². The van der Waals surface area contributed by atoms with E-state index >= 15 is 0 Å². The van der Waals surface area contributed by atoms with Crippen LogP contribution in [0.4, 0.5) is 0 Å². The van der Waals surface area contributed by atoms with Gasteiger partial charge in [0, 0.05) is 21.7 Å². The van der Waals surface area contributed by atoms with Crippen molar-refractivity contribution in [3.8, 4) is 17.0 Å². The monoisotopic (exact) mass is 475 g/mol. The molecule has 1 heterocycles. The van der Waals surface area contributed by atoms with Gasteiger partial charge >= 0.3 is 0 Å². The highest BCUT2D eigenvalue weighted by atomic mass is 127. The third kappa shape index (κ3) is 5.16. The molecule has 0 saturated heterocycles. The molecule has 0 bridgehead atoms. The lowest BCUT2D eigenvalue weighted by atomic mass is 10.1. The van der Waals surface area contributed by atoms with Crippen molar-refractivity contribution < 1.29 is 9.53 Å². The largest absolute Gasteiger partial charge is 0.497 e. The molecule has 0 radical (unpaired) electrons. The van der Waals surface area contributed by atoms with Gasteiger partial charge in [0.25, 0.3) is 5.56 Å². The van der Waals surface area contributed by atoms with Crippen molar-refractivity contribution >= 4 is 28.5 Å². The fourth-order valence-electron chi connectivity index (χ4n) is 2.47. The number of ether oxygens (including phenoxy) is 1. The number of carbonyl (C=O) groups is 1. The quantitative estimate of drug-likeness (QED) is 0.557. The van der Waals surface area contributed by atoms with Crippen LogP contribution >= 0.6 is 22.6 Å². The van der Waals surface area contributed by atoms with E-state index in [1.54, 1.807) is 13.2 Å². The molecular weight excluding hydrogens is 457 g/mol. The van der Waals surface area contributed by atoms with Gasteiger partial charge in [-0.1, -0.05) is 12.1 Å². The van der Waals surface area contributed by atoms with Crippen molar-refractivity contribution in [3.63, 3.8) is 0 Å². The predicted octanol–water partition coefficient (Wildman–Crippen LogP) is 2.84. The first-order chi connectivity index (χ1) is 13.0. The number of methoxy groups -OCH3 is 1. The van der Waals surface area contributed by atoms with Gasteiger partial charge in [0.1, 0.15) is 12.3 Å². The Balaban J connectivity index is 1.69. The first-order valence-corrected chi connectivity index (χ1v) is 9.37. The molecular formula is C20H18IN3O3. The van der Waals surface area contributed by atoms with Crippen molar-refractivity contribution in [2.24, 2.45) is 0 Å². The maximum atomic E-state index is 12.2. The lowest BCUT2D eigenvalue weighted by Crippen LogP contribution is -2.33. The number of benzene rings is 2. The van der Waals surface area contributed by atoms with Crippen molar-refractivity contribution in [1.82, 2.24) is 15.1 Å². The molecule has 27 heavy (non-hydrogen) atoms. The Morgan fingerprint density at radius 2 is 1.78 bits per heavy atom. The summed E-state index contributed by atoms with van der Waals surface area (Å²) in [5.74, 6) is 0.470. The molecule has 6 nitrogen and oxygen atoms in total. The third-order valence-corrected chi connectivity index (χ3v) is 4.67. The number of aromatic nitrogens is 2. The molecule has 1 N–H and O–H groups in total. The smallest absolute Gasteiger partial charge is 0.267 e. The molecule has 0 atom stereocenters. The summed E-state index contributed by atoms with van der Waals surface area (Å²) in [6.45, 7) is 0.274. The molecule has 3 rings (SSSR count). The van der Waals surface area contributed by atoms with Gasteiger partial charge in [0.2, 0.25) is 5.91 Å². The van der Waals surface area contributed by atoms with Gasteiger partial charge in [-0.15, -0.1) is 0 Å². The predicted molar refractivity (Wildman–Crippen MR) is 111 cm³/mol. The van der Waals surface area contributed by atoms with Gasteiger partial charge in [-0.05, 0) is 70.6 Å².